The second-order valence-corrected chi connectivity index (χ2v) is 8.40. The first-order valence-corrected chi connectivity index (χ1v) is 10.3. The first-order valence-electron chi connectivity index (χ1n) is 10.3. The van der Waals surface area contributed by atoms with Gasteiger partial charge in [0.15, 0.2) is 0 Å². The van der Waals surface area contributed by atoms with Crippen LogP contribution in [0.15, 0.2) is 18.2 Å². The number of carbonyl (C=O) groups is 1. The number of halogens is 1. The van der Waals surface area contributed by atoms with E-state index in [1.807, 2.05) is 0 Å². The maximum atomic E-state index is 14.4. The average molecular weight is 375 g/mol. The Kier molecular flexibility index (Phi) is 5.64. The van der Waals surface area contributed by atoms with E-state index in [-0.39, 0.29) is 29.8 Å². The smallest absolute Gasteiger partial charge is 0.227 e. The lowest BCUT2D eigenvalue weighted by Gasteiger charge is -2.43. The van der Waals surface area contributed by atoms with Gasteiger partial charge in [0.1, 0.15) is 5.82 Å². The van der Waals surface area contributed by atoms with Crippen molar-refractivity contribution in [3.63, 3.8) is 0 Å². The zero-order valence-corrected chi connectivity index (χ0v) is 15.8. The number of benzene rings is 1. The normalized spacial score (nSPS) is 32.9. The molecule has 3 unspecified atom stereocenters. The fourth-order valence-corrected chi connectivity index (χ4v) is 5.01. The molecule has 0 spiro atoms. The zero-order valence-electron chi connectivity index (χ0n) is 15.8. The van der Waals surface area contributed by atoms with Crippen molar-refractivity contribution in [3.8, 4) is 0 Å². The number of hydrogen-bond acceptors (Lipinski definition) is 4. The maximum absolute atomic E-state index is 14.4. The molecule has 3 aliphatic rings. The van der Waals surface area contributed by atoms with Gasteiger partial charge in [-0.3, -0.25) is 4.79 Å². The second-order valence-electron chi connectivity index (χ2n) is 8.40. The summed E-state index contributed by atoms with van der Waals surface area (Å²) < 4.78 is 19.9. The second kappa shape index (κ2) is 8.15. The van der Waals surface area contributed by atoms with Gasteiger partial charge in [0.2, 0.25) is 5.91 Å². The summed E-state index contributed by atoms with van der Waals surface area (Å²) in [6.07, 6.45) is 7.41. The summed E-state index contributed by atoms with van der Waals surface area (Å²) in [6, 6.07) is 5.08. The van der Waals surface area contributed by atoms with E-state index in [1.165, 1.54) is 12.5 Å². The van der Waals surface area contributed by atoms with Crippen LogP contribution in [0.4, 0.5) is 15.8 Å². The van der Waals surface area contributed by atoms with Gasteiger partial charge in [-0.25, -0.2) is 4.39 Å². The number of anilines is 2. The molecular formula is C21H30FN3O2. The van der Waals surface area contributed by atoms with Gasteiger partial charge in [0, 0.05) is 30.8 Å². The summed E-state index contributed by atoms with van der Waals surface area (Å²) in [6.45, 7) is 1.39. The Labute approximate surface area is 160 Å². The molecule has 3 fully saturated rings. The molecule has 1 saturated heterocycles. The standard InChI is InChI=1S/C21H30FN3O2/c22-18-11-16(6-7-19(18)24-12-17-5-2-8-27-17)25-21(26)15-9-13-3-1-4-14(10-15)20(13)23/h6-7,11,13-15,17,20,24H,1-5,8-10,12,23H2,(H,25,26). The van der Waals surface area contributed by atoms with Gasteiger partial charge < -0.3 is 21.1 Å². The van der Waals surface area contributed by atoms with Crippen molar-refractivity contribution in [2.75, 3.05) is 23.8 Å². The van der Waals surface area contributed by atoms with E-state index in [4.69, 9.17) is 10.5 Å². The molecular weight excluding hydrogens is 345 g/mol. The maximum Gasteiger partial charge on any atom is 0.227 e. The van der Waals surface area contributed by atoms with Gasteiger partial charge in [-0.15, -0.1) is 0 Å². The van der Waals surface area contributed by atoms with Crippen LogP contribution in [0.25, 0.3) is 0 Å². The molecule has 27 heavy (non-hydrogen) atoms. The van der Waals surface area contributed by atoms with E-state index in [9.17, 15) is 9.18 Å². The molecule has 4 N–H and O–H groups in total. The zero-order chi connectivity index (χ0) is 18.8. The molecule has 0 aromatic heterocycles. The number of nitrogens with one attached hydrogen (secondary N) is 2. The molecule has 2 bridgehead atoms. The summed E-state index contributed by atoms with van der Waals surface area (Å²) in [5.41, 5.74) is 7.27. The Morgan fingerprint density at radius 1 is 1.19 bits per heavy atom. The number of carbonyl (C=O) groups excluding carboxylic acids is 1. The lowest BCUT2D eigenvalue weighted by Crippen LogP contribution is -2.48. The van der Waals surface area contributed by atoms with E-state index in [1.54, 1.807) is 12.1 Å². The van der Waals surface area contributed by atoms with Crippen molar-refractivity contribution in [2.45, 2.75) is 57.1 Å². The van der Waals surface area contributed by atoms with Crippen molar-refractivity contribution < 1.29 is 13.9 Å². The summed E-state index contributed by atoms with van der Waals surface area (Å²) in [5.74, 6) is 0.538. The molecule has 1 aromatic rings. The van der Waals surface area contributed by atoms with Crippen LogP contribution in [0.5, 0.6) is 0 Å². The molecule has 1 amide bonds. The van der Waals surface area contributed by atoms with E-state index in [0.717, 1.165) is 45.1 Å². The van der Waals surface area contributed by atoms with E-state index in [2.05, 4.69) is 10.6 Å². The summed E-state index contributed by atoms with van der Waals surface area (Å²) >= 11 is 0. The largest absolute Gasteiger partial charge is 0.380 e. The Morgan fingerprint density at radius 3 is 2.63 bits per heavy atom. The Balaban J connectivity index is 1.33. The molecule has 4 rings (SSSR count). The van der Waals surface area contributed by atoms with Crippen LogP contribution in [0.3, 0.4) is 0 Å². The molecule has 1 heterocycles. The predicted molar refractivity (Wildman–Crippen MR) is 104 cm³/mol. The van der Waals surface area contributed by atoms with E-state index >= 15 is 0 Å². The molecule has 2 saturated carbocycles. The van der Waals surface area contributed by atoms with Gasteiger partial charge in [0.05, 0.1) is 11.8 Å². The van der Waals surface area contributed by atoms with E-state index in [0.29, 0.717) is 29.8 Å². The summed E-state index contributed by atoms with van der Waals surface area (Å²) in [4.78, 5) is 12.7. The Bertz CT molecular complexity index is 663. The van der Waals surface area contributed by atoms with Gasteiger partial charge in [-0.05, 0) is 68.6 Å². The minimum Gasteiger partial charge on any atom is -0.380 e. The third-order valence-corrected chi connectivity index (χ3v) is 6.56. The first-order chi connectivity index (χ1) is 13.1. The van der Waals surface area contributed by atoms with Crippen molar-refractivity contribution in [1.29, 1.82) is 0 Å². The van der Waals surface area contributed by atoms with Gasteiger partial charge in [-0.1, -0.05) is 6.42 Å². The van der Waals surface area contributed by atoms with Crippen LogP contribution in [0, 0.1) is 23.6 Å². The molecule has 6 heteroatoms. The highest BCUT2D eigenvalue weighted by Gasteiger charge is 2.40. The minimum absolute atomic E-state index is 0.00161. The Hall–Kier alpha value is -1.66. The number of nitrogens with two attached hydrogens (primary N) is 1. The highest BCUT2D eigenvalue weighted by molar-refractivity contribution is 5.92. The molecule has 1 aliphatic heterocycles. The van der Waals surface area contributed by atoms with Crippen molar-refractivity contribution in [2.24, 2.45) is 23.5 Å². The average Bonchev–Trinajstić information content (AvgIpc) is 3.14. The number of ether oxygens (including phenoxy) is 1. The van der Waals surface area contributed by atoms with Crippen LogP contribution in [0.1, 0.15) is 44.9 Å². The number of hydrogen-bond donors (Lipinski definition) is 3. The molecule has 148 valence electrons. The highest BCUT2D eigenvalue weighted by Crippen LogP contribution is 2.42. The fourth-order valence-electron chi connectivity index (χ4n) is 5.01. The highest BCUT2D eigenvalue weighted by atomic mass is 19.1. The molecule has 2 aliphatic carbocycles. The summed E-state index contributed by atoms with van der Waals surface area (Å²) in [7, 11) is 0. The van der Waals surface area contributed by atoms with Crippen molar-refractivity contribution in [1.82, 2.24) is 0 Å². The topological polar surface area (TPSA) is 76.4 Å². The first kappa shape index (κ1) is 18.7. The van der Waals surface area contributed by atoms with Crippen molar-refractivity contribution >= 4 is 17.3 Å². The van der Waals surface area contributed by atoms with E-state index < -0.39 is 0 Å². The SMILES string of the molecule is NC1C2CCCC1CC(C(=O)Nc1ccc(NCC3CCCO3)c(F)c1)C2. The number of rotatable bonds is 5. The predicted octanol–water partition coefficient (Wildman–Crippen LogP) is 3.51. The molecule has 0 radical (unpaired) electrons. The van der Waals surface area contributed by atoms with Crippen LogP contribution in [-0.2, 0) is 9.53 Å². The lowest BCUT2D eigenvalue weighted by atomic mass is 9.65. The van der Waals surface area contributed by atoms with Gasteiger partial charge in [0.25, 0.3) is 0 Å². The van der Waals surface area contributed by atoms with Crippen LogP contribution >= 0.6 is 0 Å². The molecule has 1 aromatic carbocycles. The van der Waals surface area contributed by atoms with Crippen molar-refractivity contribution in [3.05, 3.63) is 24.0 Å². The van der Waals surface area contributed by atoms with Gasteiger partial charge >= 0.3 is 0 Å². The third-order valence-electron chi connectivity index (χ3n) is 6.56. The van der Waals surface area contributed by atoms with Crippen LogP contribution in [-0.4, -0.2) is 31.2 Å². The quantitative estimate of drug-likeness (QED) is 0.736. The number of amides is 1. The Morgan fingerprint density at radius 2 is 1.96 bits per heavy atom. The molecule has 5 nitrogen and oxygen atoms in total. The van der Waals surface area contributed by atoms with Gasteiger partial charge in [-0.2, -0.15) is 0 Å². The molecule has 3 atom stereocenters. The fraction of sp³-hybridized carbons (Fsp3) is 0.667. The third kappa shape index (κ3) is 4.27. The lowest BCUT2D eigenvalue weighted by molar-refractivity contribution is -0.122. The van der Waals surface area contributed by atoms with Crippen LogP contribution in [0.2, 0.25) is 0 Å². The summed E-state index contributed by atoms with van der Waals surface area (Å²) in [5, 5.41) is 6.01. The monoisotopic (exact) mass is 375 g/mol. The minimum atomic E-state index is -0.353. The number of fused-ring (bicyclic) bond motifs is 2. The van der Waals surface area contributed by atoms with Crippen LogP contribution < -0.4 is 16.4 Å².